The number of benzene rings is 2. The molecule has 0 aliphatic heterocycles. The van der Waals surface area contributed by atoms with Gasteiger partial charge in [-0.1, -0.05) is 41.3 Å². The van der Waals surface area contributed by atoms with Gasteiger partial charge >= 0.3 is 0 Å². The Morgan fingerprint density at radius 3 is 2.26 bits per heavy atom. The molecule has 0 aliphatic carbocycles. The molecular weight excluding hydrogens is 438 g/mol. The predicted octanol–water partition coefficient (Wildman–Crippen LogP) is 3.24. The minimum absolute atomic E-state index is 0.132. The van der Waals surface area contributed by atoms with Crippen LogP contribution in [0.3, 0.4) is 0 Å². The molecule has 3 aromatic rings. The summed E-state index contributed by atoms with van der Waals surface area (Å²) in [7, 11) is 0. The van der Waals surface area contributed by atoms with E-state index in [1.54, 1.807) is 36.4 Å². The normalized spacial score (nSPS) is 10.2. The second kappa shape index (κ2) is 11.1. The highest BCUT2D eigenvalue weighted by Crippen LogP contribution is 2.25. The van der Waals surface area contributed by atoms with Crippen LogP contribution >= 0.6 is 23.1 Å². The van der Waals surface area contributed by atoms with E-state index in [2.05, 4.69) is 26.1 Å². The molecule has 0 atom stereocenters. The van der Waals surface area contributed by atoms with Crippen LogP contribution in [0, 0.1) is 0 Å². The van der Waals surface area contributed by atoms with Crippen molar-refractivity contribution in [3.63, 3.8) is 0 Å². The largest absolute Gasteiger partial charge is 0.484 e. The highest BCUT2D eigenvalue weighted by atomic mass is 32.2. The maximum absolute atomic E-state index is 12.1. The van der Waals surface area contributed by atoms with Crippen LogP contribution in [0.25, 0.3) is 0 Å². The van der Waals surface area contributed by atoms with E-state index >= 15 is 0 Å². The molecule has 0 unspecified atom stereocenters. The fourth-order valence-corrected chi connectivity index (χ4v) is 3.87. The Morgan fingerprint density at radius 2 is 1.58 bits per heavy atom. The number of thioether (sulfide) groups is 1. The molecule has 160 valence electrons. The molecule has 3 rings (SSSR count). The summed E-state index contributed by atoms with van der Waals surface area (Å²) in [5, 5.41) is 16.2. The van der Waals surface area contributed by atoms with Crippen LogP contribution in [0.5, 0.6) is 5.75 Å². The fourth-order valence-electron chi connectivity index (χ4n) is 2.30. The Labute approximate surface area is 186 Å². The van der Waals surface area contributed by atoms with Gasteiger partial charge in [-0.2, -0.15) is 0 Å². The molecule has 3 amide bonds. The van der Waals surface area contributed by atoms with E-state index in [1.807, 2.05) is 18.2 Å². The third-order valence-corrected chi connectivity index (χ3v) is 5.55. The number of amides is 3. The number of carbonyl (C=O) groups excluding carboxylic acids is 3. The van der Waals surface area contributed by atoms with Crippen LogP contribution in [0.2, 0.25) is 0 Å². The van der Waals surface area contributed by atoms with E-state index in [0.29, 0.717) is 26.6 Å². The minimum atomic E-state index is -0.350. The van der Waals surface area contributed by atoms with Crippen molar-refractivity contribution in [2.45, 2.75) is 11.3 Å². The lowest BCUT2D eigenvalue weighted by molar-refractivity contribution is -0.118. The second-order valence-corrected chi connectivity index (χ2v) is 8.32. The van der Waals surface area contributed by atoms with E-state index in [4.69, 9.17) is 4.74 Å². The lowest BCUT2D eigenvalue weighted by Crippen LogP contribution is -2.20. The molecule has 1 aromatic heterocycles. The van der Waals surface area contributed by atoms with Crippen molar-refractivity contribution in [1.29, 1.82) is 0 Å². The number of nitrogens with one attached hydrogen (secondary N) is 3. The smallest absolute Gasteiger partial charge is 0.264 e. The first kappa shape index (κ1) is 22.2. The quantitative estimate of drug-likeness (QED) is 0.333. The summed E-state index contributed by atoms with van der Waals surface area (Å²) in [6.45, 7) is 1.28. The molecular formula is C20H19N5O4S2. The van der Waals surface area contributed by atoms with Crippen molar-refractivity contribution in [3.8, 4) is 5.75 Å². The Balaban J connectivity index is 1.40. The van der Waals surface area contributed by atoms with Crippen LogP contribution in [-0.2, 0) is 14.4 Å². The van der Waals surface area contributed by atoms with Gasteiger partial charge in [0.05, 0.1) is 5.75 Å². The van der Waals surface area contributed by atoms with E-state index in [-0.39, 0.29) is 30.1 Å². The number of nitrogens with zero attached hydrogens (tertiary/aromatic N) is 2. The number of rotatable bonds is 9. The topological polar surface area (TPSA) is 122 Å². The minimum Gasteiger partial charge on any atom is -0.484 e. The standard InChI is InChI=1S/C20H19N5O4S2/c1-13(26)21-14-7-9-15(10-8-14)22-18(28)12-30-20-25-24-19(31-20)23-17(27)11-29-16-5-3-2-4-6-16/h2-10H,11-12H2,1H3,(H,21,26)(H,22,28)(H,23,24,27). The summed E-state index contributed by atoms with van der Waals surface area (Å²) in [6.07, 6.45) is 0. The van der Waals surface area contributed by atoms with Gasteiger partial charge in [0.25, 0.3) is 5.91 Å². The number of hydrogen-bond donors (Lipinski definition) is 3. The third kappa shape index (κ3) is 7.72. The average Bonchev–Trinajstić information content (AvgIpc) is 3.20. The fraction of sp³-hybridized carbons (Fsp3) is 0.150. The Morgan fingerprint density at radius 1 is 0.903 bits per heavy atom. The third-order valence-electron chi connectivity index (χ3n) is 3.58. The van der Waals surface area contributed by atoms with E-state index in [1.165, 1.54) is 30.0 Å². The molecule has 0 aliphatic rings. The van der Waals surface area contributed by atoms with Gasteiger partial charge in [0.15, 0.2) is 10.9 Å². The van der Waals surface area contributed by atoms with Crippen LogP contribution in [0.4, 0.5) is 16.5 Å². The van der Waals surface area contributed by atoms with Crippen LogP contribution in [0.1, 0.15) is 6.92 Å². The number of carbonyl (C=O) groups is 3. The van der Waals surface area contributed by atoms with E-state index in [0.717, 1.165) is 0 Å². The molecule has 0 spiro atoms. The molecule has 11 heteroatoms. The van der Waals surface area contributed by atoms with Gasteiger partial charge in [-0.25, -0.2) is 0 Å². The summed E-state index contributed by atoms with van der Waals surface area (Å²) in [5.74, 6) is 0.00503. The molecule has 31 heavy (non-hydrogen) atoms. The maximum Gasteiger partial charge on any atom is 0.264 e. The van der Waals surface area contributed by atoms with Gasteiger partial charge in [-0.3, -0.25) is 19.7 Å². The van der Waals surface area contributed by atoms with Crippen molar-refractivity contribution < 1.29 is 19.1 Å². The molecule has 0 radical (unpaired) electrons. The summed E-state index contributed by atoms with van der Waals surface area (Å²) >= 11 is 2.38. The highest BCUT2D eigenvalue weighted by Gasteiger charge is 2.11. The number of anilines is 3. The van der Waals surface area contributed by atoms with Crippen molar-refractivity contribution in [2.24, 2.45) is 0 Å². The van der Waals surface area contributed by atoms with Crippen LogP contribution < -0.4 is 20.7 Å². The second-order valence-electron chi connectivity index (χ2n) is 6.12. The lowest BCUT2D eigenvalue weighted by Gasteiger charge is -2.06. The Bertz CT molecular complexity index is 1040. The SMILES string of the molecule is CC(=O)Nc1ccc(NC(=O)CSc2nnc(NC(=O)COc3ccccc3)s2)cc1. The highest BCUT2D eigenvalue weighted by molar-refractivity contribution is 8.01. The number of ether oxygens (including phenoxy) is 1. The van der Waals surface area contributed by atoms with Crippen LogP contribution in [0.15, 0.2) is 58.9 Å². The zero-order valence-electron chi connectivity index (χ0n) is 16.5. The summed E-state index contributed by atoms with van der Waals surface area (Å²) < 4.78 is 5.93. The Hall–Kier alpha value is -3.44. The summed E-state index contributed by atoms with van der Waals surface area (Å²) in [6, 6.07) is 15.8. The first-order chi connectivity index (χ1) is 15.0. The molecule has 0 saturated carbocycles. The molecule has 9 nitrogen and oxygen atoms in total. The van der Waals surface area contributed by atoms with E-state index in [9.17, 15) is 14.4 Å². The number of hydrogen-bond acceptors (Lipinski definition) is 8. The first-order valence-electron chi connectivity index (χ1n) is 9.09. The van der Waals surface area contributed by atoms with Gasteiger partial charge in [0.1, 0.15) is 5.75 Å². The van der Waals surface area contributed by atoms with Crippen molar-refractivity contribution in [2.75, 3.05) is 28.3 Å². The first-order valence-corrected chi connectivity index (χ1v) is 10.9. The van der Waals surface area contributed by atoms with Gasteiger partial charge < -0.3 is 15.4 Å². The number of aromatic nitrogens is 2. The summed E-state index contributed by atoms with van der Waals surface area (Å²) in [4.78, 5) is 35.1. The van der Waals surface area contributed by atoms with Crippen molar-refractivity contribution in [1.82, 2.24) is 10.2 Å². The molecule has 0 bridgehead atoms. The lowest BCUT2D eigenvalue weighted by atomic mass is 10.3. The number of para-hydroxylation sites is 1. The van der Waals surface area contributed by atoms with Gasteiger partial charge in [-0.05, 0) is 36.4 Å². The zero-order valence-corrected chi connectivity index (χ0v) is 18.1. The van der Waals surface area contributed by atoms with Crippen molar-refractivity contribution in [3.05, 3.63) is 54.6 Å². The average molecular weight is 458 g/mol. The zero-order chi connectivity index (χ0) is 22.1. The molecule has 1 heterocycles. The summed E-state index contributed by atoms with van der Waals surface area (Å²) in [5.41, 5.74) is 1.26. The predicted molar refractivity (Wildman–Crippen MR) is 121 cm³/mol. The van der Waals surface area contributed by atoms with Gasteiger partial charge in [-0.15, -0.1) is 10.2 Å². The van der Waals surface area contributed by atoms with Crippen molar-refractivity contribution >= 4 is 57.3 Å². The molecule has 3 N–H and O–H groups in total. The molecule has 0 saturated heterocycles. The van der Waals surface area contributed by atoms with E-state index < -0.39 is 0 Å². The van der Waals surface area contributed by atoms with Crippen LogP contribution in [-0.4, -0.2) is 40.3 Å². The Kier molecular flexibility index (Phi) is 7.96. The molecule has 2 aromatic carbocycles. The molecule has 0 fully saturated rings. The van der Waals surface area contributed by atoms with Gasteiger partial charge in [0.2, 0.25) is 16.9 Å². The monoisotopic (exact) mass is 457 g/mol. The van der Waals surface area contributed by atoms with Gasteiger partial charge in [0, 0.05) is 18.3 Å². The maximum atomic E-state index is 12.1.